The van der Waals surface area contributed by atoms with Gasteiger partial charge in [-0.25, -0.2) is 0 Å². The number of fused-ring (bicyclic) bond motifs is 1. The molecule has 3 heteroatoms. The maximum absolute atomic E-state index is 5.75. The first-order chi connectivity index (χ1) is 7.43. The van der Waals surface area contributed by atoms with Crippen molar-refractivity contribution in [3.05, 3.63) is 48.4 Å². The molecule has 0 radical (unpaired) electrons. The summed E-state index contributed by atoms with van der Waals surface area (Å²) in [4.78, 5) is 0. The smallest absolute Gasteiger partial charge is 0.142 e. The predicted octanol–water partition coefficient (Wildman–Crippen LogP) is 2.14. The molecule has 76 valence electrons. The van der Waals surface area contributed by atoms with E-state index < -0.39 is 0 Å². The van der Waals surface area contributed by atoms with Crippen molar-refractivity contribution in [2.75, 3.05) is 6.54 Å². The summed E-state index contributed by atoms with van der Waals surface area (Å²) in [7, 11) is 0. The maximum atomic E-state index is 5.75. The van der Waals surface area contributed by atoms with Gasteiger partial charge in [-0.2, -0.15) is 0 Å². The van der Waals surface area contributed by atoms with E-state index in [-0.39, 0.29) is 6.17 Å². The van der Waals surface area contributed by atoms with Crippen LogP contribution in [0.25, 0.3) is 11.0 Å². The van der Waals surface area contributed by atoms with Crippen molar-refractivity contribution in [3.63, 3.8) is 0 Å². The van der Waals surface area contributed by atoms with Crippen molar-refractivity contribution in [2.24, 2.45) is 0 Å². The largest absolute Gasteiger partial charge is 0.457 e. The van der Waals surface area contributed by atoms with Crippen molar-refractivity contribution < 1.29 is 4.42 Å². The lowest BCUT2D eigenvalue weighted by molar-refractivity contribution is 0.404. The first-order valence-corrected chi connectivity index (χ1v) is 5.06. The third kappa shape index (κ3) is 1.51. The van der Waals surface area contributed by atoms with Crippen LogP contribution >= 0.6 is 0 Å². The van der Waals surface area contributed by atoms with Gasteiger partial charge in [0, 0.05) is 11.9 Å². The Kier molecular flexibility index (Phi) is 1.96. The number of hydrogen-bond acceptors (Lipinski definition) is 3. The Labute approximate surface area is 87.8 Å². The lowest BCUT2D eigenvalue weighted by Gasteiger charge is -2.19. The van der Waals surface area contributed by atoms with Gasteiger partial charge in [-0.15, -0.1) is 0 Å². The number of para-hydroxylation sites is 1. The lowest BCUT2D eigenvalue weighted by atomic mass is 10.2. The quantitative estimate of drug-likeness (QED) is 0.740. The summed E-state index contributed by atoms with van der Waals surface area (Å²) < 4.78 is 5.75. The zero-order valence-electron chi connectivity index (χ0n) is 8.23. The molecule has 3 rings (SSSR count). The summed E-state index contributed by atoms with van der Waals surface area (Å²) in [6.45, 7) is 0.870. The number of rotatable bonds is 1. The van der Waals surface area contributed by atoms with E-state index in [1.165, 1.54) is 0 Å². The zero-order chi connectivity index (χ0) is 10.1. The van der Waals surface area contributed by atoms with Gasteiger partial charge in [-0.1, -0.05) is 24.3 Å². The number of furan rings is 1. The van der Waals surface area contributed by atoms with E-state index in [4.69, 9.17) is 4.42 Å². The molecule has 0 amide bonds. The molecule has 15 heavy (non-hydrogen) atoms. The van der Waals surface area contributed by atoms with Crippen molar-refractivity contribution in [1.29, 1.82) is 0 Å². The first-order valence-electron chi connectivity index (χ1n) is 5.06. The lowest BCUT2D eigenvalue weighted by Crippen LogP contribution is -2.34. The van der Waals surface area contributed by atoms with E-state index in [0.29, 0.717) is 0 Å². The highest BCUT2D eigenvalue weighted by molar-refractivity contribution is 5.77. The van der Waals surface area contributed by atoms with E-state index in [1.54, 1.807) is 0 Å². The highest BCUT2D eigenvalue weighted by Gasteiger charge is 2.15. The number of hydrogen-bond donors (Lipinski definition) is 2. The Morgan fingerprint density at radius 3 is 3.00 bits per heavy atom. The minimum absolute atomic E-state index is 0.0856. The van der Waals surface area contributed by atoms with Gasteiger partial charge in [0.25, 0.3) is 0 Å². The summed E-state index contributed by atoms with van der Waals surface area (Å²) in [5.74, 6) is 0.931. The van der Waals surface area contributed by atoms with Gasteiger partial charge in [0.2, 0.25) is 0 Å². The second kappa shape index (κ2) is 3.44. The van der Waals surface area contributed by atoms with E-state index in [0.717, 1.165) is 23.3 Å². The van der Waals surface area contributed by atoms with E-state index in [9.17, 15) is 0 Å². The molecule has 2 heterocycles. The van der Waals surface area contributed by atoms with Crippen LogP contribution in [-0.4, -0.2) is 6.54 Å². The van der Waals surface area contributed by atoms with Gasteiger partial charge >= 0.3 is 0 Å². The topological polar surface area (TPSA) is 37.2 Å². The number of nitrogens with one attached hydrogen (secondary N) is 2. The standard InChI is InChI=1S/C12H12N2O/c1-2-5-10-9(4-1)8-11(15-10)12-13-6-3-7-14-12/h1-6,8,12-14H,7H2. The minimum atomic E-state index is 0.0856. The van der Waals surface area contributed by atoms with Gasteiger partial charge in [0.15, 0.2) is 0 Å². The summed E-state index contributed by atoms with van der Waals surface area (Å²) in [5.41, 5.74) is 0.936. The van der Waals surface area contributed by atoms with Crippen LogP contribution in [0.4, 0.5) is 0 Å². The summed E-state index contributed by atoms with van der Waals surface area (Å²) >= 11 is 0. The van der Waals surface area contributed by atoms with Crippen LogP contribution in [0.5, 0.6) is 0 Å². The molecule has 1 aliphatic heterocycles. The summed E-state index contributed by atoms with van der Waals surface area (Å²) in [5, 5.41) is 7.66. The molecule has 1 unspecified atom stereocenters. The van der Waals surface area contributed by atoms with Gasteiger partial charge in [0.1, 0.15) is 17.5 Å². The van der Waals surface area contributed by atoms with Crippen molar-refractivity contribution in [2.45, 2.75) is 6.17 Å². The van der Waals surface area contributed by atoms with Crippen molar-refractivity contribution >= 4 is 11.0 Å². The summed E-state index contributed by atoms with van der Waals surface area (Å²) in [6, 6.07) is 10.1. The molecule has 2 aromatic rings. The molecule has 1 aromatic heterocycles. The van der Waals surface area contributed by atoms with Crippen LogP contribution in [0.1, 0.15) is 11.9 Å². The molecule has 0 aliphatic carbocycles. The highest BCUT2D eigenvalue weighted by atomic mass is 16.3. The molecule has 0 saturated heterocycles. The maximum Gasteiger partial charge on any atom is 0.142 e. The molecule has 2 N–H and O–H groups in total. The molecule has 0 bridgehead atoms. The third-order valence-electron chi connectivity index (χ3n) is 2.55. The molecule has 1 atom stereocenters. The second-order valence-corrected chi connectivity index (χ2v) is 3.60. The van der Waals surface area contributed by atoms with Gasteiger partial charge in [-0.3, -0.25) is 5.32 Å². The van der Waals surface area contributed by atoms with Crippen molar-refractivity contribution in [1.82, 2.24) is 10.6 Å². The highest BCUT2D eigenvalue weighted by Crippen LogP contribution is 2.22. The fourth-order valence-electron chi connectivity index (χ4n) is 1.80. The summed E-state index contributed by atoms with van der Waals surface area (Å²) in [6.07, 6.45) is 4.08. The van der Waals surface area contributed by atoms with Crippen LogP contribution < -0.4 is 10.6 Å². The van der Waals surface area contributed by atoms with Crippen LogP contribution in [0, 0.1) is 0 Å². The molecule has 1 aliphatic rings. The van der Waals surface area contributed by atoms with Gasteiger partial charge < -0.3 is 9.73 Å². The Hall–Kier alpha value is -1.74. The third-order valence-corrected chi connectivity index (χ3v) is 2.55. The van der Waals surface area contributed by atoms with E-state index >= 15 is 0 Å². The van der Waals surface area contributed by atoms with Crippen LogP contribution in [0.15, 0.2) is 47.0 Å². The van der Waals surface area contributed by atoms with Crippen LogP contribution in [0.2, 0.25) is 0 Å². The molecule has 0 saturated carbocycles. The fraction of sp³-hybridized carbons (Fsp3) is 0.167. The molecule has 1 aromatic carbocycles. The van der Waals surface area contributed by atoms with Crippen molar-refractivity contribution in [3.8, 4) is 0 Å². The average molecular weight is 200 g/mol. The number of benzene rings is 1. The first kappa shape index (κ1) is 8.56. The minimum Gasteiger partial charge on any atom is -0.457 e. The fourth-order valence-corrected chi connectivity index (χ4v) is 1.80. The van der Waals surface area contributed by atoms with Crippen LogP contribution in [-0.2, 0) is 0 Å². The second-order valence-electron chi connectivity index (χ2n) is 3.60. The molecule has 0 spiro atoms. The van der Waals surface area contributed by atoms with Gasteiger partial charge in [0.05, 0.1) is 0 Å². The Balaban J connectivity index is 2.00. The average Bonchev–Trinajstić information content (AvgIpc) is 2.74. The Morgan fingerprint density at radius 1 is 1.27 bits per heavy atom. The monoisotopic (exact) mass is 200 g/mol. The Morgan fingerprint density at radius 2 is 2.20 bits per heavy atom. The predicted molar refractivity (Wildman–Crippen MR) is 59.2 cm³/mol. The molecule has 0 fully saturated rings. The Bertz CT molecular complexity index is 468. The zero-order valence-corrected chi connectivity index (χ0v) is 8.23. The molecular formula is C12H12N2O. The van der Waals surface area contributed by atoms with E-state index in [1.807, 2.05) is 30.5 Å². The normalized spacial score (nSPS) is 20.4. The molecular weight excluding hydrogens is 188 g/mol. The molecule has 3 nitrogen and oxygen atoms in total. The van der Waals surface area contributed by atoms with Crippen LogP contribution in [0.3, 0.4) is 0 Å². The SMILES string of the molecule is C1=CNC(c2cc3ccccc3o2)NC1. The van der Waals surface area contributed by atoms with E-state index in [2.05, 4.69) is 22.8 Å². The van der Waals surface area contributed by atoms with Gasteiger partial charge in [-0.05, 0) is 18.3 Å².